The van der Waals surface area contributed by atoms with Crippen LogP contribution in [0.5, 0.6) is 5.88 Å². The Labute approximate surface area is 99.1 Å². The molecular weight excluding hydrogens is 244 g/mol. The lowest BCUT2D eigenvalue weighted by atomic mass is 10.3. The van der Waals surface area contributed by atoms with Crippen molar-refractivity contribution in [3.05, 3.63) is 23.9 Å². The highest BCUT2D eigenvalue weighted by molar-refractivity contribution is 7.91. The highest BCUT2D eigenvalue weighted by Gasteiger charge is 2.37. The Morgan fingerprint density at radius 3 is 2.76 bits per heavy atom. The Morgan fingerprint density at radius 1 is 1.47 bits per heavy atom. The normalized spacial score (nSPS) is 15.4. The molecule has 1 amide bonds. The number of amides is 1. The van der Waals surface area contributed by atoms with Gasteiger partial charge in [0.1, 0.15) is 5.69 Å². The van der Waals surface area contributed by atoms with Gasteiger partial charge in [0.05, 0.1) is 12.4 Å². The van der Waals surface area contributed by atoms with Crippen molar-refractivity contribution in [3.63, 3.8) is 0 Å². The van der Waals surface area contributed by atoms with Crippen molar-refractivity contribution < 1.29 is 17.9 Å². The Hall–Kier alpha value is -1.63. The van der Waals surface area contributed by atoms with E-state index in [-0.39, 0.29) is 11.6 Å². The van der Waals surface area contributed by atoms with Crippen LogP contribution in [0.2, 0.25) is 0 Å². The van der Waals surface area contributed by atoms with Crippen molar-refractivity contribution in [1.29, 1.82) is 0 Å². The lowest BCUT2D eigenvalue weighted by Crippen LogP contribution is -2.33. The minimum absolute atomic E-state index is 0.0218. The van der Waals surface area contributed by atoms with E-state index in [9.17, 15) is 13.2 Å². The number of sulfonamides is 1. The zero-order chi connectivity index (χ0) is 12.5. The fourth-order valence-corrected chi connectivity index (χ4v) is 2.58. The third-order valence-corrected chi connectivity index (χ3v) is 4.18. The molecule has 1 aromatic rings. The Bertz CT molecular complexity index is 537. The molecule has 0 radical (unpaired) electrons. The van der Waals surface area contributed by atoms with Crippen LogP contribution in [-0.4, -0.2) is 31.7 Å². The van der Waals surface area contributed by atoms with Gasteiger partial charge in [0, 0.05) is 6.07 Å². The zero-order valence-electron chi connectivity index (χ0n) is 9.21. The van der Waals surface area contributed by atoms with Gasteiger partial charge < -0.3 is 4.74 Å². The van der Waals surface area contributed by atoms with Crippen molar-refractivity contribution in [2.24, 2.45) is 0 Å². The summed E-state index contributed by atoms with van der Waals surface area (Å²) in [6.45, 7) is 0. The number of aromatic nitrogens is 1. The first-order valence-electron chi connectivity index (χ1n) is 5.10. The molecule has 1 fully saturated rings. The van der Waals surface area contributed by atoms with E-state index in [2.05, 4.69) is 4.98 Å². The fourth-order valence-electron chi connectivity index (χ4n) is 1.30. The van der Waals surface area contributed by atoms with Gasteiger partial charge >= 0.3 is 0 Å². The average Bonchev–Trinajstić information content (AvgIpc) is 3.12. The fraction of sp³-hybridized carbons (Fsp3) is 0.400. The van der Waals surface area contributed by atoms with E-state index in [4.69, 9.17) is 4.74 Å². The lowest BCUT2D eigenvalue weighted by molar-refractivity contribution is 0.0975. The van der Waals surface area contributed by atoms with Crippen LogP contribution < -0.4 is 9.46 Å². The van der Waals surface area contributed by atoms with Gasteiger partial charge in [0.25, 0.3) is 5.91 Å². The molecule has 0 aliphatic heterocycles. The van der Waals surface area contributed by atoms with Crippen LogP contribution in [0.4, 0.5) is 0 Å². The summed E-state index contributed by atoms with van der Waals surface area (Å²) < 4.78 is 29.9. The number of hydrogen-bond donors (Lipinski definition) is 1. The number of pyridine rings is 1. The van der Waals surface area contributed by atoms with Gasteiger partial charge in [-0.2, -0.15) is 0 Å². The molecule has 0 saturated heterocycles. The summed E-state index contributed by atoms with van der Waals surface area (Å²) in [4.78, 5) is 15.5. The molecule has 1 aliphatic rings. The maximum atomic E-state index is 11.7. The zero-order valence-corrected chi connectivity index (χ0v) is 10.0. The molecule has 6 nitrogen and oxygen atoms in total. The number of methoxy groups -OCH3 is 1. The van der Waals surface area contributed by atoms with E-state index >= 15 is 0 Å². The SMILES string of the molecule is COc1cccc(C(=O)NS(=O)(=O)C2CC2)n1. The van der Waals surface area contributed by atoms with Crippen LogP contribution in [0.15, 0.2) is 18.2 Å². The van der Waals surface area contributed by atoms with Crippen LogP contribution in [0, 0.1) is 0 Å². The number of nitrogens with one attached hydrogen (secondary N) is 1. The summed E-state index contributed by atoms with van der Waals surface area (Å²) >= 11 is 0. The van der Waals surface area contributed by atoms with E-state index in [1.165, 1.54) is 13.2 Å². The maximum absolute atomic E-state index is 11.7. The Kier molecular flexibility index (Phi) is 3.01. The second kappa shape index (κ2) is 4.33. The summed E-state index contributed by atoms with van der Waals surface area (Å²) in [6.07, 6.45) is 1.21. The van der Waals surface area contributed by atoms with Gasteiger partial charge in [-0.15, -0.1) is 0 Å². The van der Waals surface area contributed by atoms with Gasteiger partial charge in [-0.3, -0.25) is 4.79 Å². The van der Waals surface area contributed by atoms with Gasteiger partial charge in [0.15, 0.2) is 0 Å². The Balaban J connectivity index is 2.14. The first kappa shape index (κ1) is 11.8. The number of ether oxygens (including phenoxy) is 1. The van der Waals surface area contributed by atoms with E-state index in [1.54, 1.807) is 12.1 Å². The van der Waals surface area contributed by atoms with Crippen molar-refractivity contribution in [2.45, 2.75) is 18.1 Å². The molecule has 1 N–H and O–H groups in total. The van der Waals surface area contributed by atoms with Crippen LogP contribution in [0.25, 0.3) is 0 Å². The second-order valence-electron chi connectivity index (χ2n) is 3.74. The first-order chi connectivity index (χ1) is 8.03. The average molecular weight is 256 g/mol. The summed E-state index contributed by atoms with van der Waals surface area (Å²) in [5.41, 5.74) is 0.0218. The number of nitrogens with zero attached hydrogens (tertiary/aromatic N) is 1. The third kappa shape index (κ3) is 2.73. The predicted molar refractivity (Wildman–Crippen MR) is 60.2 cm³/mol. The van der Waals surface area contributed by atoms with E-state index in [0.717, 1.165) is 0 Å². The smallest absolute Gasteiger partial charge is 0.283 e. The molecule has 1 saturated carbocycles. The number of carbonyl (C=O) groups excluding carboxylic acids is 1. The molecular formula is C10H12N2O4S. The van der Waals surface area contributed by atoms with E-state index in [0.29, 0.717) is 12.8 Å². The molecule has 0 aromatic carbocycles. The molecule has 1 aliphatic carbocycles. The molecule has 2 rings (SSSR count). The van der Waals surface area contributed by atoms with Gasteiger partial charge in [-0.05, 0) is 18.9 Å². The largest absolute Gasteiger partial charge is 0.481 e. The van der Waals surface area contributed by atoms with Gasteiger partial charge in [-0.25, -0.2) is 18.1 Å². The quantitative estimate of drug-likeness (QED) is 0.838. The van der Waals surface area contributed by atoms with Gasteiger partial charge in [-0.1, -0.05) is 6.07 Å². The molecule has 0 unspecified atom stereocenters. The molecule has 0 bridgehead atoms. The molecule has 17 heavy (non-hydrogen) atoms. The minimum Gasteiger partial charge on any atom is -0.481 e. The summed E-state index contributed by atoms with van der Waals surface area (Å²) in [7, 11) is -2.11. The molecule has 0 spiro atoms. The van der Waals surface area contributed by atoms with Crippen LogP contribution in [0.3, 0.4) is 0 Å². The van der Waals surface area contributed by atoms with E-state index < -0.39 is 21.2 Å². The van der Waals surface area contributed by atoms with Crippen molar-refractivity contribution in [1.82, 2.24) is 9.71 Å². The number of carbonyl (C=O) groups is 1. The van der Waals surface area contributed by atoms with Crippen molar-refractivity contribution in [3.8, 4) is 5.88 Å². The van der Waals surface area contributed by atoms with Crippen molar-refractivity contribution >= 4 is 15.9 Å². The molecule has 92 valence electrons. The second-order valence-corrected chi connectivity index (χ2v) is 5.70. The first-order valence-corrected chi connectivity index (χ1v) is 6.64. The molecule has 1 aromatic heterocycles. The number of hydrogen-bond acceptors (Lipinski definition) is 5. The lowest BCUT2D eigenvalue weighted by Gasteiger charge is -2.05. The highest BCUT2D eigenvalue weighted by atomic mass is 32.2. The van der Waals surface area contributed by atoms with Crippen LogP contribution in [0.1, 0.15) is 23.3 Å². The predicted octanol–water partition coefficient (Wildman–Crippen LogP) is 0.312. The van der Waals surface area contributed by atoms with E-state index in [1.807, 2.05) is 4.72 Å². The molecule has 0 atom stereocenters. The third-order valence-electron chi connectivity index (χ3n) is 2.36. The van der Waals surface area contributed by atoms with Crippen LogP contribution >= 0.6 is 0 Å². The summed E-state index contributed by atoms with van der Waals surface area (Å²) in [6, 6.07) is 4.58. The topological polar surface area (TPSA) is 85.4 Å². The van der Waals surface area contributed by atoms with Gasteiger partial charge in [0.2, 0.25) is 15.9 Å². The molecule has 1 heterocycles. The Morgan fingerprint density at radius 2 is 2.18 bits per heavy atom. The van der Waals surface area contributed by atoms with Crippen LogP contribution in [-0.2, 0) is 10.0 Å². The maximum Gasteiger partial charge on any atom is 0.283 e. The standard InChI is InChI=1S/C10H12N2O4S/c1-16-9-4-2-3-8(11-9)10(13)12-17(14,15)7-5-6-7/h2-4,7H,5-6H2,1H3,(H,12,13). The van der Waals surface area contributed by atoms with Crippen molar-refractivity contribution in [2.75, 3.05) is 7.11 Å². The summed E-state index contributed by atoms with van der Waals surface area (Å²) in [5.74, 6) is -0.461. The number of rotatable bonds is 4. The molecule has 7 heteroatoms. The minimum atomic E-state index is -3.53. The summed E-state index contributed by atoms with van der Waals surface area (Å²) in [5, 5.41) is -0.433. The highest BCUT2D eigenvalue weighted by Crippen LogP contribution is 2.27. The monoisotopic (exact) mass is 256 g/mol.